The van der Waals surface area contributed by atoms with Gasteiger partial charge in [0, 0.05) is 45.5 Å². The number of thiol groups is 2. The first-order valence-electron chi connectivity index (χ1n) is 8.12. The Kier molecular flexibility index (Phi) is 29.3. The number of aliphatic hydroxyl groups is 3. The smallest absolute Gasteiger partial charge is 0.0720 e. The minimum absolute atomic E-state index is 0.168. The minimum Gasteiger partial charge on any atom is -0.396 e. The van der Waals surface area contributed by atoms with Gasteiger partial charge in [0.15, 0.2) is 0 Å². The molecule has 1 unspecified atom stereocenters. The molecule has 0 spiro atoms. The van der Waals surface area contributed by atoms with Crippen LogP contribution in [0.1, 0.15) is 13.3 Å². The topological polar surface area (TPSA) is 60.7 Å². The lowest BCUT2D eigenvalue weighted by Gasteiger charge is -2.12. The van der Waals surface area contributed by atoms with Gasteiger partial charge in [0.2, 0.25) is 0 Å². The van der Waals surface area contributed by atoms with Gasteiger partial charge in [-0.2, -0.15) is 72.3 Å². The van der Waals surface area contributed by atoms with Crippen molar-refractivity contribution in [2.24, 2.45) is 0 Å². The van der Waals surface area contributed by atoms with Gasteiger partial charge in [0.05, 0.1) is 19.3 Å². The molecule has 0 aromatic rings. The van der Waals surface area contributed by atoms with E-state index in [1.54, 1.807) is 23.5 Å². The fourth-order valence-corrected chi connectivity index (χ4v) is 5.89. The highest BCUT2D eigenvalue weighted by Gasteiger charge is 2.05. The van der Waals surface area contributed by atoms with Crippen molar-refractivity contribution in [2.75, 3.05) is 65.0 Å². The maximum absolute atomic E-state index is 9.30. The molecule has 0 aliphatic carbocycles. The molecule has 0 fully saturated rings. The summed E-state index contributed by atoms with van der Waals surface area (Å²) in [5, 5.41) is 26.9. The van der Waals surface area contributed by atoms with Crippen LogP contribution in [0.15, 0.2) is 0 Å². The van der Waals surface area contributed by atoms with E-state index in [2.05, 4.69) is 32.2 Å². The molecule has 9 heteroatoms. The molecule has 0 radical (unpaired) electrons. The van der Waals surface area contributed by atoms with Crippen LogP contribution in [-0.4, -0.2) is 91.7 Å². The van der Waals surface area contributed by atoms with Gasteiger partial charge in [0.1, 0.15) is 0 Å². The van der Waals surface area contributed by atoms with Crippen molar-refractivity contribution < 1.29 is 15.3 Å². The van der Waals surface area contributed by atoms with E-state index in [1.165, 1.54) is 23.7 Å². The third-order valence-corrected chi connectivity index (χ3v) is 8.58. The van der Waals surface area contributed by atoms with Crippen LogP contribution in [-0.2, 0) is 0 Å². The molecule has 0 aromatic heterocycles. The van der Waals surface area contributed by atoms with Crippen LogP contribution in [0, 0.1) is 0 Å². The zero-order chi connectivity index (χ0) is 18.5. The Hall–Kier alpha value is 1.98. The average Bonchev–Trinajstić information content (AvgIpc) is 2.59. The summed E-state index contributed by atoms with van der Waals surface area (Å²) in [6, 6.07) is 0. The first kappa shape index (κ1) is 28.2. The third kappa shape index (κ3) is 24.0. The van der Waals surface area contributed by atoms with Crippen LogP contribution >= 0.6 is 72.3 Å². The Labute approximate surface area is 176 Å². The number of hydrogen-bond donors (Lipinski definition) is 5. The molecule has 0 aliphatic rings. The third-order valence-electron chi connectivity index (χ3n) is 2.39. The summed E-state index contributed by atoms with van der Waals surface area (Å²) in [4.78, 5) is 0. The first-order chi connectivity index (χ1) is 11.7. The Morgan fingerprint density at radius 1 is 0.833 bits per heavy atom. The summed E-state index contributed by atoms with van der Waals surface area (Å²) in [5.74, 6) is 8.36. The largest absolute Gasteiger partial charge is 0.396 e. The molecular formula is C15H34O3S6. The van der Waals surface area contributed by atoms with E-state index in [4.69, 9.17) is 10.2 Å². The molecule has 0 rings (SSSR count). The van der Waals surface area contributed by atoms with E-state index >= 15 is 0 Å². The van der Waals surface area contributed by atoms with Gasteiger partial charge in [-0.15, -0.1) is 0 Å². The van der Waals surface area contributed by atoms with Crippen molar-refractivity contribution in [1.82, 2.24) is 0 Å². The molecule has 0 aliphatic heterocycles. The molecule has 148 valence electrons. The predicted molar refractivity (Wildman–Crippen MR) is 126 cm³/mol. The summed E-state index contributed by atoms with van der Waals surface area (Å²) >= 11 is 15.6. The van der Waals surface area contributed by atoms with Crippen LogP contribution < -0.4 is 0 Å². The van der Waals surface area contributed by atoms with Gasteiger partial charge >= 0.3 is 0 Å². The molecule has 0 aromatic carbocycles. The summed E-state index contributed by atoms with van der Waals surface area (Å²) in [7, 11) is 0. The summed E-state index contributed by atoms with van der Waals surface area (Å²) in [5.41, 5.74) is 0. The second-order valence-electron chi connectivity index (χ2n) is 4.72. The van der Waals surface area contributed by atoms with Crippen LogP contribution in [0.2, 0.25) is 0 Å². The summed E-state index contributed by atoms with van der Waals surface area (Å²) < 4.78 is 0. The second-order valence-corrected chi connectivity index (χ2v) is 10.4. The molecule has 3 N–H and O–H groups in total. The quantitative estimate of drug-likeness (QED) is 0.182. The van der Waals surface area contributed by atoms with Gasteiger partial charge in [-0.05, 0) is 17.9 Å². The Morgan fingerprint density at radius 2 is 1.38 bits per heavy atom. The molecule has 24 heavy (non-hydrogen) atoms. The molecule has 0 saturated carbocycles. The van der Waals surface area contributed by atoms with Gasteiger partial charge in [0.25, 0.3) is 0 Å². The molecule has 1 atom stereocenters. The van der Waals surface area contributed by atoms with Crippen molar-refractivity contribution in [3.8, 4) is 0 Å². The van der Waals surface area contributed by atoms with Gasteiger partial charge in [-0.25, -0.2) is 0 Å². The van der Waals surface area contributed by atoms with Crippen molar-refractivity contribution >= 4 is 72.3 Å². The van der Waals surface area contributed by atoms with E-state index in [9.17, 15) is 5.11 Å². The van der Waals surface area contributed by atoms with Crippen LogP contribution in [0.25, 0.3) is 0 Å². The Morgan fingerprint density at radius 3 is 1.79 bits per heavy atom. The maximum Gasteiger partial charge on any atom is 0.0720 e. The highest BCUT2D eigenvalue weighted by Crippen LogP contribution is 2.18. The maximum atomic E-state index is 9.30. The average molecular weight is 455 g/mol. The van der Waals surface area contributed by atoms with E-state index in [-0.39, 0.29) is 19.3 Å². The zero-order valence-corrected chi connectivity index (χ0v) is 19.6. The number of thioether (sulfide) groups is 4. The van der Waals surface area contributed by atoms with E-state index in [0.29, 0.717) is 23.0 Å². The normalized spacial score (nSPS) is 12.1. The number of hydrogen-bond acceptors (Lipinski definition) is 9. The van der Waals surface area contributed by atoms with Crippen molar-refractivity contribution in [2.45, 2.75) is 24.7 Å². The van der Waals surface area contributed by atoms with Crippen molar-refractivity contribution in [1.29, 1.82) is 0 Å². The van der Waals surface area contributed by atoms with Crippen molar-refractivity contribution in [3.63, 3.8) is 0 Å². The lowest BCUT2D eigenvalue weighted by Crippen LogP contribution is -2.14. The lowest BCUT2D eigenvalue weighted by atomic mass is 10.5. The standard InChI is InChI=1S/C8H18S4.C7H16O3S2/c1-2-4-12-8(6-10)7-11-5-3-9;8-1-3-11-5-7(10)6-12-4-2-9/h8-10H,2-7H2,1H3;7-10H,1-6H2. The minimum atomic E-state index is -0.321. The fraction of sp³-hybridized carbons (Fsp3) is 1.00. The highest BCUT2D eigenvalue weighted by molar-refractivity contribution is 8.04. The van der Waals surface area contributed by atoms with Crippen LogP contribution in [0.4, 0.5) is 0 Å². The van der Waals surface area contributed by atoms with Crippen molar-refractivity contribution in [3.05, 3.63) is 0 Å². The molecule has 3 nitrogen and oxygen atoms in total. The van der Waals surface area contributed by atoms with E-state index < -0.39 is 0 Å². The molecule has 0 amide bonds. The lowest BCUT2D eigenvalue weighted by molar-refractivity contribution is 0.225. The van der Waals surface area contributed by atoms with Gasteiger partial charge < -0.3 is 15.3 Å². The SMILES string of the molecule is CCCSC(CS)CSCCS.OCCSCC(O)CSCCO. The highest BCUT2D eigenvalue weighted by atomic mass is 32.2. The fourth-order valence-electron chi connectivity index (χ4n) is 1.33. The molecule has 0 heterocycles. The van der Waals surface area contributed by atoms with Gasteiger partial charge in [-0.3, -0.25) is 0 Å². The predicted octanol–water partition coefficient (Wildman–Crippen LogP) is 2.89. The van der Waals surface area contributed by atoms with E-state index in [0.717, 1.165) is 16.8 Å². The Bertz CT molecular complexity index is 217. The molecule has 0 saturated heterocycles. The van der Waals surface area contributed by atoms with Crippen LogP contribution in [0.3, 0.4) is 0 Å². The number of rotatable bonds is 16. The summed E-state index contributed by atoms with van der Waals surface area (Å²) in [6.07, 6.45) is 0.949. The Balaban J connectivity index is 0. The first-order valence-corrected chi connectivity index (χ1v) is 13.9. The van der Waals surface area contributed by atoms with E-state index in [1.807, 2.05) is 23.5 Å². The molecular weight excluding hydrogens is 421 g/mol. The number of aliphatic hydroxyl groups excluding tert-OH is 3. The summed E-state index contributed by atoms with van der Waals surface area (Å²) in [6.45, 7) is 2.56. The second kappa shape index (κ2) is 25.0. The monoisotopic (exact) mass is 454 g/mol. The zero-order valence-electron chi connectivity index (χ0n) is 14.5. The molecule has 0 bridgehead atoms. The van der Waals surface area contributed by atoms with Gasteiger partial charge in [-0.1, -0.05) is 6.92 Å². The van der Waals surface area contributed by atoms with Crippen LogP contribution in [0.5, 0.6) is 0 Å².